The number of carbonyl (C=O) groups excluding carboxylic acids is 1. The summed E-state index contributed by atoms with van der Waals surface area (Å²) in [5.74, 6) is -0.452. The Morgan fingerprint density at radius 2 is 1.36 bits per heavy atom. The quantitative estimate of drug-likeness (QED) is 0.170. The third kappa shape index (κ3) is 7.29. The predicted molar refractivity (Wildman–Crippen MR) is 138 cm³/mol. The summed E-state index contributed by atoms with van der Waals surface area (Å²) >= 11 is 6.36. The van der Waals surface area contributed by atoms with Gasteiger partial charge in [-0.15, -0.1) is 5.10 Å². The summed E-state index contributed by atoms with van der Waals surface area (Å²) in [4.78, 5) is 12.1. The Bertz CT molecular complexity index is 1410. The summed E-state index contributed by atoms with van der Waals surface area (Å²) in [7, 11) is 0. The van der Waals surface area contributed by atoms with Crippen LogP contribution in [0.5, 0.6) is 0 Å². The van der Waals surface area contributed by atoms with Gasteiger partial charge in [-0.05, 0) is 77.3 Å². The molecular weight excluding hydrogens is 564 g/mol. The highest BCUT2D eigenvalue weighted by Gasteiger charge is 2.37. The lowest BCUT2D eigenvalue weighted by Crippen LogP contribution is -2.33. The molecule has 0 aliphatic rings. The van der Waals surface area contributed by atoms with E-state index in [1.54, 1.807) is 54.6 Å². The topological polar surface area (TPSA) is 78.9 Å². The van der Waals surface area contributed by atoms with E-state index in [0.29, 0.717) is 29.1 Å². The van der Waals surface area contributed by atoms with Gasteiger partial charge in [0, 0.05) is 16.8 Å². The monoisotopic (exact) mass is 581 g/mol. The van der Waals surface area contributed by atoms with Crippen LogP contribution < -0.4 is 16.0 Å². The van der Waals surface area contributed by atoms with Crippen molar-refractivity contribution in [1.29, 1.82) is 0 Å². The van der Waals surface area contributed by atoms with Crippen LogP contribution in [0, 0.1) is 0 Å². The second-order valence-electron chi connectivity index (χ2n) is 8.10. The minimum absolute atomic E-state index is 0.0554. The molecule has 0 saturated carbocycles. The van der Waals surface area contributed by atoms with E-state index >= 15 is 0 Å². The van der Waals surface area contributed by atoms with Gasteiger partial charge < -0.3 is 16.0 Å². The number of hydrogen-bond acceptors (Lipinski definition) is 5. The van der Waals surface area contributed by atoms with Gasteiger partial charge in [-0.1, -0.05) is 34.8 Å². The van der Waals surface area contributed by atoms with Gasteiger partial charge in [0.1, 0.15) is 0 Å². The molecule has 202 valence electrons. The highest BCUT2D eigenvalue weighted by molar-refractivity contribution is 7.80. The largest absolute Gasteiger partial charge is 0.416 e. The zero-order valence-corrected chi connectivity index (χ0v) is 21.1. The molecule has 6 nitrogen and oxygen atoms in total. The average molecular weight is 582 g/mol. The van der Waals surface area contributed by atoms with Crippen LogP contribution in [-0.2, 0) is 12.4 Å². The summed E-state index contributed by atoms with van der Waals surface area (Å²) in [6.07, 6.45) is -9.99. The van der Waals surface area contributed by atoms with Crippen LogP contribution in [-0.4, -0.2) is 20.6 Å². The summed E-state index contributed by atoms with van der Waals surface area (Å²) in [6, 6.07) is 14.5. The Morgan fingerprint density at radius 3 is 1.87 bits per heavy atom. The fourth-order valence-corrected chi connectivity index (χ4v) is 4.22. The highest BCUT2D eigenvalue weighted by atomic mass is 32.1. The van der Waals surface area contributed by atoms with Crippen molar-refractivity contribution in [2.75, 3.05) is 10.6 Å². The van der Waals surface area contributed by atoms with Crippen LogP contribution in [0.2, 0.25) is 0 Å². The number of nitrogens with one attached hydrogen (secondary N) is 3. The van der Waals surface area contributed by atoms with Crippen molar-refractivity contribution < 1.29 is 31.1 Å². The van der Waals surface area contributed by atoms with Gasteiger partial charge >= 0.3 is 12.4 Å². The van der Waals surface area contributed by atoms with Gasteiger partial charge in [0.05, 0.1) is 17.2 Å². The van der Waals surface area contributed by atoms with Crippen molar-refractivity contribution >= 4 is 46.1 Å². The average Bonchev–Trinajstić information content (AvgIpc) is 3.43. The van der Waals surface area contributed by atoms with E-state index in [0.717, 1.165) is 11.5 Å². The predicted octanol–water partition coefficient (Wildman–Crippen LogP) is 6.90. The molecule has 1 amide bonds. The first-order valence-electron chi connectivity index (χ1n) is 11.0. The van der Waals surface area contributed by atoms with E-state index < -0.39 is 35.4 Å². The molecule has 0 aliphatic carbocycles. The fourth-order valence-electron chi connectivity index (χ4n) is 3.54. The number of hydrogen-bond donors (Lipinski definition) is 3. The summed E-state index contributed by atoms with van der Waals surface area (Å²) in [5.41, 5.74) is -1.69. The second-order valence-corrected chi connectivity index (χ2v) is 9.12. The molecule has 0 saturated heterocycles. The molecule has 3 aromatic carbocycles. The van der Waals surface area contributed by atoms with E-state index in [9.17, 15) is 31.1 Å². The van der Waals surface area contributed by atoms with Crippen molar-refractivity contribution in [3.05, 3.63) is 106 Å². The lowest BCUT2D eigenvalue weighted by Gasteiger charge is -2.24. The summed E-state index contributed by atoms with van der Waals surface area (Å²) in [6.45, 7) is 0. The minimum atomic E-state index is -5.00. The number of alkyl halides is 6. The number of aromatic nitrogens is 2. The third-order valence-electron chi connectivity index (χ3n) is 5.34. The Labute approximate surface area is 227 Å². The molecule has 0 radical (unpaired) electrons. The Morgan fingerprint density at radius 1 is 0.795 bits per heavy atom. The number of nitrogens with zero attached hydrogens (tertiary/aromatic N) is 2. The van der Waals surface area contributed by atoms with Gasteiger partial charge in [0.2, 0.25) is 0 Å². The number of carbonyl (C=O) groups is 1. The maximum absolute atomic E-state index is 13.5. The molecule has 4 aromatic rings. The first kappa shape index (κ1) is 28.0. The number of amides is 1. The molecular formula is C25H17F6N5OS2. The first-order valence-corrected chi connectivity index (χ1v) is 12.2. The molecule has 14 heteroatoms. The van der Waals surface area contributed by atoms with Crippen LogP contribution in [0.4, 0.5) is 37.7 Å². The lowest BCUT2D eigenvalue weighted by molar-refractivity contribution is -0.143. The van der Waals surface area contributed by atoms with Crippen LogP contribution in [0.1, 0.15) is 38.8 Å². The van der Waals surface area contributed by atoms with Crippen molar-refractivity contribution in [3.8, 4) is 0 Å². The van der Waals surface area contributed by atoms with E-state index in [2.05, 4.69) is 25.5 Å². The molecule has 4 rings (SSSR count). The maximum atomic E-state index is 13.5. The van der Waals surface area contributed by atoms with Crippen molar-refractivity contribution in [2.24, 2.45) is 0 Å². The summed E-state index contributed by atoms with van der Waals surface area (Å²) < 4.78 is 84.5. The first-order chi connectivity index (χ1) is 18.4. The van der Waals surface area contributed by atoms with Gasteiger partial charge in [-0.25, -0.2) is 0 Å². The molecule has 1 atom stereocenters. The molecule has 1 heterocycles. The Balaban J connectivity index is 1.57. The fraction of sp³-hybridized carbons (Fsp3) is 0.120. The van der Waals surface area contributed by atoms with Crippen molar-refractivity contribution in [1.82, 2.24) is 14.9 Å². The molecule has 0 spiro atoms. The third-order valence-corrected chi connectivity index (χ3v) is 6.07. The number of benzene rings is 3. The molecule has 1 aromatic heterocycles. The molecule has 1 unspecified atom stereocenters. The molecule has 39 heavy (non-hydrogen) atoms. The zero-order chi connectivity index (χ0) is 28.2. The van der Waals surface area contributed by atoms with Crippen LogP contribution in [0.3, 0.4) is 0 Å². The van der Waals surface area contributed by atoms with E-state index in [1.165, 1.54) is 5.38 Å². The normalized spacial score (nSPS) is 12.5. The van der Waals surface area contributed by atoms with Gasteiger partial charge in [0.15, 0.2) is 10.8 Å². The van der Waals surface area contributed by atoms with Crippen LogP contribution >= 0.6 is 23.8 Å². The number of halogens is 6. The Kier molecular flexibility index (Phi) is 8.16. The highest BCUT2D eigenvalue weighted by Crippen LogP contribution is 2.38. The van der Waals surface area contributed by atoms with E-state index in [1.807, 2.05) is 0 Å². The standard InChI is InChI=1S/C25H17F6N5OS2/c26-24(27,28)16-10-15(11-17(12-16)25(29,30)31)21(14-4-2-1-3-5-14)34-23(38)33-19-8-6-18(7-9-19)32-22(37)20-13-39-36-35-20/h1-13,21H,(H,32,37)(H2,33,34,38). The smallest absolute Gasteiger partial charge is 0.352 e. The molecule has 0 fully saturated rings. The zero-order valence-electron chi connectivity index (χ0n) is 19.5. The Hall–Kier alpha value is -4.04. The maximum Gasteiger partial charge on any atom is 0.416 e. The SMILES string of the molecule is O=C(Nc1ccc(NC(=S)NC(c2ccccc2)c2cc(C(F)(F)F)cc(C(F)(F)F)c2)cc1)c1csnn1. The van der Waals surface area contributed by atoms with Crippen molar-refractivity contribution in [3.63, 3.8) is 0 Å². The van der Waals surface area contributed by atoms with Gasteiger partial charge in [-0.3, -0.25) is 4.79 Å². The van der Waals surface area contributed by atoms with E-state index in [-0.39, 0.29) is 22.4 Å². The molecule has 0 aliphatic heterocycles. The molecule has 3 N–H and O–H groups in total. The minimum Gasteiger partial charge on any atom is -0.352 e. The van der Waals surface area contributed by atoms with Gasteiger partial charge in [0.25, 0.3) is 5.91 Å². The lowest BCUT2D eigenvalue weighted by atomic mass is 9.94. The second kappa shape index (κ2) is 11.4. The summed E-state index contributed by atoms with van der Waals surface area (Å²) in [5, 5.41) is 13.4. The molecule has 0 bridgehead atoms. The number of thiocarbonyl (C=S) groups is 1. The van der Waals surface area contributed by atoms with Crippen LogP contribution in [0.25, 0.3) is 0 Å². The van der Waals surface area contributed by atoms with Crippen LogP contribution in [0.15, 0.2) is 78.2 Å². The van der Waals surface area contributed by atoms with E-state index in [4.69, 9.17) is 12.2 Å². The number of anilines is 2. The number of rotatable bonds is 6. The van der Waals surface area contributed by atoms with Gasteiger partial charge in [-0.2, -0.15) is 26.3 Å². The van der Waals surface area contributed by atoms with Crippen molar-refractivity contribution in [2.45, 2.75) is 18.4 Å².